The van der Waals surface area contributed by atoms with Crippen molar-refractivity contribution < 1.29 is 9.53 Å². The maximum atomic E-state index is 12.8. The highest BCUT2D eigenvalue weighted by atomic mass is 32.1. The Bertz CT molecular complexity index is 1250. The Morgan fingerprint density at radius 1 is 1.26 bits per heavy atom. The van der Waals surface area contributed by atoms with E-state index in [9.17, 15) is 4.79 Å². The van der Waals surface area contributed by atoms with Crippen molar-refractivity contribution in [3.8, 4) is 5.75 Å². The van der Waals surface area contributed by atoms with E-state index in [2.05, 4.69) is 37.3 Å². The summed E-state index contributed by atoms with van der Waals surface area (Å²) in [5, 5.41) is 3.55. The van der Waals surface area contributed by atoms with Gasteiger partial charge in [0, 0.05) is 30.9 Å². The molecule has 2 aromatic heterocycles. The predicted molar refractivity (Wildman–Crippen MR) is 121 cm³/mol. The number of methoxy groups -OCH3 is 1. The van der Waals surface area contributed by atoms with Crippen LogP contribution in [-0.4, -0.2) is 39.4 Å². The quantitative estimate of drug-likeness (QED) is 0.444. The molecule has 2 aromatic carbocycles. The number of anilines is 2. The van der Waals surface area contributed by atoms with E-state index in [1.165, 1.54) is 21.8 Å². The van der Waals surface area contributed by atoms with Crippen molar-refractivity contribution in [2.45, 2.75) is 19.5 Å². The van der Waals surface area contributed by atoms with E-state index in [0.717, 1.165) is 43.0 Å². The van der Waals surface area contributed by atoms with E-state index in [1.54, 1.807) is 19.2 Å². The molecule has 0 radical (unpaired) electrons. The minimum absolute atomic E-state index is 0.238. The molecule has 8 nitrogen and oxygen atoms in total. The van der Waals surface area contributed by atoms with Crippen LogP contribution in [0.2, 0.25) is 0 Å². The number of hydrogen-bond donors (Lipinski definition) is 3. The molecule has 1 amide bonds. The number of aromatic nitrogens is 3. The first-order chi connectivity index (χ1) is 15.1. The topological polar surface area (TPSA) is 109 Å². The normalized spacial score (nSPS) is 13.8. The fourth-order valence-electron chi connectivity index (χ4n) is 3.82. The number of para-hydroxylation sites is 1. The third kappa shape index (κ3) is 3.97. The van der Waals surface area contributed by atoms with E-state index in [0.29, 0.717) is 16.2 Å². The lowest BCUT2D eigenvalue weighted by atomic mass is 10.1. The molecule has 3 heterocycles. The van der Waals surface area contributed by atoms with Gasteiger partial charge in [-0.2, -0.15) is 0 Å². The Kier molecular flexibility index (Phi) is 5.05. The third-order valence-corrected chi connectivity index (χ3v) is 6.37. The highest BCUT2D eigenvalue weighted by Gasteiger charge is 2.22. The molecule has 1 aliphatic heterocycles. The van der Waals surface area contributed by atoms with Crippen LogP contribution in [0.25, 0.3) is 11.0 Å². The van der Waals surface area contributed by atoms with Gasteiger partial charge in [0.15, 0.2) is 11.1 Å². The molecule has 4 aromatic rings. The van der Waals surface area contributed by atoms with Crippen molar-refractivity contribution in [1.29, 1.82) is 0 Å². The second-order valence-electron chi connectivity index (χ2n) is 7.48. The summed E-state index contributed by atoms with van der Waals surface area (Å²) in [4.78, 5) is 28.3. The number of nitrogens with two attached hydrogens (primary N) is 1. The standard InChI is InChI=1S/C22H22N6O2S/c1-30-14-7-5-13(6-8-14)11-28-10-9-16-18(12-28)31-22(25-16)27-20(29)15-3-2-4-17-19(15)26-21(23)24-17/h2-8H,9-12H2,1H3,(H3,23,24,26)(H,25,27,29). The van der Waals surface area contributed by atoms with Gasteiger partial charge in [-0.05, 0) is 29.8 Å². The number of H-pyrrole nitrogens is 1. The van der Waals surface area contributed by atoms with Crippen molar-refractivity contribution in [2.24, 2.45) is 0 Å². The number of fused-ring (bicyclic) bond motifs is 2. The number of carbonyl (C=O) groups excluding carboxylic acids is 1. The van der Waals surface area contributed by atoms with Gasteiger partial charge in [0.1, 0.15) is 11.3 Å². The molecule has 0 saturated heterocycles. The molecule has 31 heavy (non-hydrogen) atoms. The number of aromatic amines is 1. The summed E-state index contributed by atoms with van der Waals surface area (Å²) < 4.78 is 5.23. The number of rotatable bonds is 5. The number of benzene rings is 2. The van der Waals surface area contributed by atoms with Crippen molar-refractivity contribution in [3.63, 3.8) is 0 Å². The van der Waals surface area contributed by atoms with Gasteiger partial charge in [-0.1, -0.05) is 18.2 Å². The summed E-state index contributed by atoms with van der Waals surface area (Å²) in [7, 11) is 1.67. The molecule has 0 aliphatic carbocycles. The summed E-state index contributed by atoms with van der Waals surface area (Å²) in [6.45, 7) is 2.62. The first kappa shape index (κ1) is 19.5. The molecule has 0 spiro atoms. The van der Waals surface area contributed by atoms with Gasteiger partial charge in [-0.3, -0.25) is 15.0 Å². The number of imidazole rings is 1. The van der Waals surface area contributed by atoms with Crippen LogP contribution in [0.5, 0.6) is 5.75 Å². The van der Waals surface area contributed by atoms with Crippen LogP contribution in [0.15, 0.2) is 42.5 Å². The Hall–Kier alpha value is -3.43. The van der Waals surface area contributed by atoms with E-state index in [-0.39, 0.29) is 11.9 Å². The zero-order valence-corrected chi connectivity index (χ0v) is 17.8. The van der Waals surface area contributed by atoms with Crippen molar-refractivity contribution in [2.75, 3.05) is 24.7 Å². The van der Waals surface area contributed by atoms with Crippen LogP contribution in [-0.2, 0) is 19.5 Å². The molecule has 0 unspecified atom stereocenters. The number of carbonyl (C=O) groups is 1. The van der Waals surface area contributed by atoms with Gasteiger partial charge in [-0.25, -0.2) is 9.97 Å². The molecule has 9 heteroatoms. The number of nitrogens with one attached hydrogen (secondary N) is 2. The molecule has 0 bridgehead atoms. The van der Waals surface area contributed by atoms with Crippen LogP contribution in [0.1, 0.15) is 26.5 Å². The van der Waals surface area contributed by atoms with Crippen molar-refractivity contribution in [1.82, 2.24) is 19.9 Å². The van der Waals surface area contributed by atoms with E-state index >= 15 is 0 Å². The lowest BCUT2D eigenvalue weighted by molar-refractivity contribution is 0.102. The SMILES string of the molecule is COc1ccc(CN2CCc3nc(NC(=O)c4cccc5[nH]c(N)nc45)sc3C2)cc1. The number of amides is 1. The zero-order chi connectivity index (χ0) is 21.4. The maximum absolute atomic E-state index is 12.8. The van der Waals surface area contributed by atoms with E-state index < -0.39 is 0 Å². The number of hydrogen-bond acceptors (Lipinski definition) is 7. The highest BCUT2D eigenvalue weighted by Crippen LogP contribution is 2.30. The lowest BCUT2D eigenvalue weighted by Crippen LogP contribution is -2.29. The average molecular weight is 435 g/mol. The molecule has 0 atom stereocenters. The van der Waals surface area contributed by atoms with Crippen LogP contribution < -0.4 is 15.8 Å². The molecule has 5 rings (SSSR count). The first-order valence-electron chi connectivity index (χ1n) is 9.98. The van der Waals surface area contributed by atoms with Crippen molar-refractivity contribution in [3.05, 3.63) is 64.2 Å². The minimum atomic E-state index is -0.238. The molecule has 1 aliphatic rings. The molecule has 0 saturated carbocycles. The number of nitrogens with zero attached hydrogens (tertiary/aromatic N) is 3. The number of ether oxygens (including phenoxy) is 1. The minimum Gasteiger partial charge on any atom is -0.497 e. The van der Waals surface area contributed by atoms with Gasteiger partial charge in [0.2, 0.25) is 0 Å². The van der Waals surface area contributed by atoms with Crippen LogP contribution in [0, 0.1) is 0 Å². The Morgan fingerprint density at radius 3 is 2.90 bits per heavy atom. The van der Waals surface area contributed by atoms with E-state index in [1.807, 2.05) is 18.2 Å². The summed E-state index contributed by atoms with van der Waals surface area (Å²) in [6, 6.07) is 13.5. The van der Waals surface area contributed by atoms with Crippen molar-refractivity contribution >= 4 is 39.4 Å². The lowest BCUT2D eigenvalue weighted by Gasteiger charge is -2.25. The van der Waals surface area contributed by atoms with Crippen LogP contribution in [0.4, 0.5) is 11.1 Å². The molecule has 0 fully saturated rings. The first-order valence-corrected chi connectivity index (χ1v) is 10.8. The zero-order valence-electron chi connectivity index (χ0n) is 17.0. The van der Waals surface area contributed by atoms with Crippen LogP contribution >= 0.6 is 11.3 Å². The maximum Gasteiger partial charge on any atom is 0.259 e. The van der Waals surface area contributed by atoms with Crippen LogP contribution in [0.3, 0.4) is 0 Å². The second-order valence-corrected chi connectivity index (χ2v) is 8.56. The molecule has 158 valence electrons. The van der Waals surface area contributed by atoms with E-state index in [4.69, 9.17) is 10.5 Å². The monoisotopic (exact) mass is 434 g/mol. The summed E-state index contributed by atoms with van der Waals surface area (Å²) >= 11 is 1.53. The Morgan fingerprint density at radius 2 is 2.10 bits per heavy atom. The Balaban J connectivity index is 1.28. The largest absolute Gasteiger partial charge is 0.497 e. The highest BCUT2D eigenvalue weighted by molar-refractivity contribution is 7.15. The summed E-state index contributed by atoms with van der Waals surface area (Å²) in [6.07, 6.45) is 0.864. The number of nitrogen functional groups attached to an aromatic ring is 1. The average Bonchev–Trinajstić information content (AvgIpc) is 3.35. The van der Waals surface area contributed by atoms with Gasteiger partial charge in [0.25, 0.3) is 5.91 Å². The van der Waals surface area contributed by atoms with Gasteiger partial charge in [0.05, 0.1) is 23.9 Å². The van der Waals surface area contributed by atoms with Gasteiger partial charge < -0.3 is 15.5 Å². The van der Waals surface area contributed by atoms with Gasteiger partial charge in [-0.15, -0.1) is 11.3 Å². The smallest absolute Gasteiger partial charge is 0.259 e. The van der Waals surface area contributed by atoms with Gasteiger partial charge >= 0.3 is 0 Å². The molecular formula is C22H22N6O2S. The fourth-order valence-corrected chi connectivity index (χ4v) is 4.87. The second kappa shape index (κ2) is 8.01. The molecule has 4 N–H and O–H groups in total. The predicted octanol–water partition coefficient (Wildman–Crippen LogP) is 3.42. The number of thiazole rings is 1. The third-order valence-electron chi connectivity index (χ3n) is 5.37. The fraction of sp³-hybridized carbons (Fsp3) is 0.227. The Labute approximate surface area is 183 Å². The molecular weight excluding hydrogens is 412 g/mol. The summed E-state index contributed by atoms with van der Waals surface area (Å²) in [5.41, 5.74) is 9.81. The summed E-state index contributed by atoms with van der Waals surface area (Å²) in [5.74, 6) is 0.913.